The molecule has 3 heteroatoms. The van der Waals surface area contributed by atoms with E-state index in [-0.39, 0.29) is 12.0 Å². The highest BCUT2D eigenvalue weighted by atomic mass is 35.5. The molecule has 0 spiro atoms. The molecule has 0 saturated heterocycles. The van der Waals surface area contributed by atoms with E-state index in [1.165, 1.54) is 12.8 Å². The Kier molecular flexibility index (Phi) is 6.84. The molecule has 2 nitrogen and oxygen atoms in total. The molecule has 1 rings (SSSR count). The highest BCUT2D eigenvalue weighted by Crippen LogP contribution is 2.40. The molecule has 0 bridgehead atoms. The first-order valence-electron chi connectivity index (χ1n) is 8.13. The van der Waals surface area contributed by atoms with E-state index in [0.29, 0.717) is 17.2 Å². The predicted octanol–water partition coefficient (Wildman–Crippen LogP) is 4.70. The second-order valence-corrected chi connectivity index (χ2v) is 7.96. The first-order chi connectivity index (χ1) is 9.27. The zero-order valence-electron chi connectivity index (χ0n) is 13.9. The molecular formula is C17H32ClNO. The number of alkyl halides is 1. The van der Waals surface area contributed by atoms with Crippen LogP contribution in [0.1, 0.15) is 66.7 Å². The Morgan fingerprint density at radius 2 is 1.75 bits per heavy atom. The maximum absolute atomic E-state index is 12.7. The number of halogens is 1. The van der Waals surface area contributed by atoms with Gasteiger partial charge in [0.25, 0.3) is 0 Å². The quantitative estimate of drug-likeness (QED) is 0.674. The minimum Gasteiger partial charge on any atom is -0.340 e. The van der Waals surface area contributed by atoms with Crippen LogP contribution in [0, 0.1) is 17.3 Å². The third-order valence-electron chi connectivity index (χ3n) is 4.74. The number of nitrogens with zero attached hydrogens (tertiary/aromatic N) is 1. The van der Waals surface area contributed by atoms with Crippen molar-refractivity contribution in [2.45, 2.75) is 72.8 Å². The fourth-order valence-electron chi connectivity index (χ4n) is 3.29. The van der Waals surface area contributed by atoms with Crippen LogP contribution < -0.4 is 0 Å². The van der Waals surface area contributed by atoms with Crippen molar-refractivity contribution in [1.29, 1.82) is 0 Å². The van der Waals surface area contributed by atoms with E-state index in [2.05, 4.69) is 34.6 Å². The van der Waals surface area contributed by atoms with Crippen molar-refractivity contribution < 1.29 is 4.79 Å². The Bertz CT molecular complexity index is 301. The van der Waals surface area contributed by atoms with Gasteiger partial charge in [-0.15, -0.1) is 11.6 Å². The van der Waals surface area contributed by atoms with Crippen LogP contribution in [-0.2, 0) is 4.79 Å². The summed E-state index contributed by atoms with van der Waals surface area (Å²) in [6.45, 7) is 12.0. The summed E-state index contributed by atoms with van der Waals surface area (Å²) in [5.41, 5.74) is 0.379. The van der Waals surface area contributed by atoms with Crippen LogP contribution in [0.15, 0.2) is 0 Å². The number of rotatable bonds is 5. The van der Waals surface area contributed by atoms with Gasteiger partial charge in [0, 0.05) is 24.4 Å². The van der Waals surface area contributed by atoms with Crippen LogP contribution in [0.2, 0.25) is 0 Å². The highest BCUT2D eigenvalue weighted by Gasteiger charge is 2.34. The zero-order valence-corrected chi connectivity index (χ0v) is 14.7. The molecular weight excluding hydrogens is 270 g/mol. The van der Waals surface area contributed by atoms with Crippen molar-refractivity contribution in [2.24, 2.45) is 17.3 Å². The van der Waals surface area contributed by atoms with E-state index in [1.807, 2.05) is 4.90 Å². The molecule has 1 fully saturated rings. The Labute approximate surface area is 130 Å². The van der Waals surface area contributed by atoms with Gasteiger partial charge in [0.1, 0.15) is 0 Å². The third kappa shape index (κ3) is 4.95. The van der Waals surface area contributed by atoms with Crippen molar-refractivity contribution in [3.05, 3.63) is 0 Å². The van der Waals surface area contributed by atoms with Gasteiger partial charge in [0.2, 0.25) is 5.91 Å². The van der Waals surface area contributed by atoms with Crippen LogP contribution in [0.5, 0.6) is 0 Å². The number of hydrogen-bond acceptors (Lipinski definition) is 1. The molecule has 1 amide bonds. The van der Waals surface area contributed by atoms with Gasteiger partial charge in [-0.2, -0.15) is 0 Å². The number of amides is 1. The molecule has 20 heavy (non-hydrogen) atoms. The van der Waals surface area contributed by atoms with Gasteiger partial charge in [0.05, 0.1) is 0 Å². The molecule has 1 saturated carbocycles. The van der Waals surface area contributed by atoms with Gasteiger partial charge in [-0.05, 0) is 57.3 Å². The summed E-state index contributed by atoms with van der Waals surface area (Å²) in [4.78, 5) is 14.7. The van der Waals surface area contributed by atoms with Crippen LogP contribution in [0.25, 0.3) is 0 Å². The Morgan fingerprint density at radius 3 is 2.15 bits per heavy atom. The van der Waals surface area contributed by atoms with Gasteiger partial charge < -0.3 is 4.90 Å². The Hall–Kier alpha value is -0.240. The first kappa shape index (κ1) is 17.8. The van der Waals surface area contributed by atoms with Crippen LogP contribution in [0.4, 0.5) is 0 Å². The van der Waals surface area contributed by atoms with E-state index in [1.54, 1.807) is 0 Å². The lowest BCUT2D eigenvalue weighted by Crippen LogP contribution is -2.43. The second kappa shape index (κ2) is 7.68. The standard InChI is InChI=1S/C17H32ClNO/c1-13(2)19(12-6-11-18)16(20)14-7-9-15(10-8-14)17(3,4)5/h13-15H,6-12H2,1-5H3. The largest absolute Gasteiger partial charge is 0.340 e. The smallest absolute Gasteiger partial charge is 0.225 e. The van der Waals surface area contributed by atoms with Crippen molar-refractivity contribution in [3.8, 4) is 0 Å². The Morgan fingerprint density at radius 1 is 1.20 bits per heavy atom. The maximum atomic E-state index is 12.7. The molecule has 1 aliphatic carbocycles. The van der Waals surface area contributed by atoms with E-state index in [4.69, 9.17) is 11.6 Å². The van der Waals surface area contributed by atoms with E-state index in [9.17, 15) is 4.79 Å². The number of carbonyl (C=O) groups excluding carboxylic acids is 1. The second-order valence-electron chi connectivity index (χ2n) is 7.58. The molecule has 0 aromatic rings. The lowest BCUT2D eigenvalue weighted by molar-refractivity contribution is -0.139. The normalized spacial score (nSPS) is 23.9. The lowest BCUT2D eigenvalue weighted by atomic mass is 9.69. The van der Waals surface area contributed by atoms with Gasteiger partial charge >= 0.3 is 0 Å². The molecule has 0 unspecified atom stereocenters. The molecule has 1 aliphatic rings. The minimum atomic E-state index is 0.242. The molecule has 0 N–H and O–H groups in total. The topological polar surface area (TPSA) is 20.3 Å². The van der Waals surface area contributed by atoms with E-state index >= 15 is 0 Å². The first-order valence-corrected chi connectivity index (χ1v) is 8.67. The molecule has 0 aliphatic heterocycles. The average molecular weight is 302 g/mol. The van der Waals surface area contributed by atoms with Gasteiger partial charge in [-0.3, -0.25) is 4.79 Å². The van der Waals surface area contributed by atoms with Crippen molar-refractivity contribution in [2.75, 3.05) is 12.4 Å². The van der Waals surface area contributed by atoms with Gasteiger partial charge in [-0.1, -0.05) is 20.8 Å². The number of hydrogen-bond donors (Lipinski definition) is 0. The van der Waals surface area contributed by atoms with E-state index in [0.717, 1.165) is 31.7 Å². The molecule has 0 aromatic heterocycles. The zero-order chi connectivity index (χ0) is 15.3. The molecule has 0 aromatic carbocycles. The van der Waals surface area contributed by atoms with Gasteiger partial charge in [-0.25, -0.2) is 0 Å². The third-order valence-corrected chi connectivity index (χ3v) is 5.01. The van der Waals surface area contributed by atoms with Crippen molar-refractivity contribution in [1.82, 2.24) is 4.90 Å². The fourth-order valence-corrected chi connectivity index (χ4v) is 3.41. The predicted molar refractivity (Wildman–Crippen MR) is 87.1 cm³/mol. The van der Waals surface area contributed by atoms with Crippen LogP contribution >= 0.6 is 11.6 Å². The highest BCUT2D eigenvalue weighted by molar-refractivity contribution is 6.17. The maximum Gasteiger partial charge on any atom is 0.225 e. The molecule has 0 atom stereocenters. The SMILES string of the molecule is CC(C)N(CCCCl)C(=O)C1CCC(C(C)(C)C)CC1. The van der Waals surface area contributed by atoms with Gasteiger partial charge in [0.15, 0.2) is 0 Å². The van der Waals surface area contributed by atoms with Crippen molar-refractivity contribution >= 4 is 17.5 Å². The van der Waals surface area contributed by atoms with E-state index < -0.39 is 0 Å². The lowest BCUT2D eigenvalue weighted by Gasteiger charge is -2.38. The summed E-state index contributed by atoms with van der Waals surface area (Å²) in [6.07, 6.45) is 5.40. The minimum absolute atomic E-state index is 0.242. The summed E-state index contributed by atoms with van der Waals surface area (Å²) in [7, 11) is 0. The Balaban J connectivity index is 2.56. The van der Waals surface area contributed by atoms with Crippen LogP contribution in [-0.4, -0.2) is 29.3 Å². The summed E-state index contributed by atoms with van der Waals surface area (Å²) < 4.78 is 0. The summed E-state index contributed by atoms with van der Waals surface area (Å²) in [5.74, 6) is 2.00. The fraction of sp³-hybridized carbons (Fsp3) is 0.941. The monoisotopic (exact) mass is 301 g/mol. The van der Waals surface area contributed by atoms with Crippen LogP contribution in [0.3, 0.4) is 0 Å². The molecule has 0 radical (unpaired) electrons. The van der Waals surface area contributed by atoms with Crippen molar-refractivity contribution in [3.63, 3.8) is 0 Å². The average Bonchev–Trinajstić information content (AvgIpc) is 2.37. The summed E-state index contributed by atoms with van der Waals surface area (Å²) in [6, 6.07) is 0.283. The molecule has 0 heterocycles. The molecule has 118 valence electrons. The number of carbonyl (C=O) groups is 1. The summed E-state index contributed by atoms with van der Waals surface area (Å²) >= 11 is 5.77. The summed E-state index contributed by atoms with van der Waals surface area (Å²) in [5, 5.41) is 0.